The molecule has 0 heterocycles. The summed E-state index contributed by atoms with van der Waals surface area (Å²) in [7, 11) is 3.75. The summed E-state index contributed by atoms with van der Waals surface area (Å²) >= 11 is 0. The fourth-order valence-corrected chi connectivity index (χ4v) is 2.08. The minimum absolute atomic E-state index is 0.140. The SMILES string of the molecule is CNCC1(C(=O)N(C)c2ccccc2)CC1. The smallest absolute Gasteiger partial charge is 0.234 e. The normalized spacial score (nSPS) is 16.9. The van der Waals surface area contributed by atoms with Crippen molar-refractivity contribution in [3.8, 4) is 0 Å². The molecular weight excluding hydrogens is 200 g/mol. The van der Waals surface area contributed by atoms with Crippen LogP contribution in [-0.4, -0.2) is 26.5 Å². The molecule has 0 bridgehead atoms. The molecule has 3 nitrogen and oxygen atoms in total. The van der Waals surface area contributed by atoms with E-state index in [9.17, 15) is 4.79 Å². The zero-order chi connectivity index (χ0) is 11.6. The molecule has 2 rings (SSSR count). The van der Waals surface area contributed by atoms with E-state index in [0.717, 1.165) is 25.1 Å². The highest BCUT2D eigenvalue weighted by atomic mass is 16.2. The van der Waals surface area contributed by atoms with Crippen molar-refractivity contribution < 1.29 is 4.79 Å². The second kappa shape index (κ2) is 4.26. The molecule has 1 amide bonds. The van der Waals surface area contributed by atoms with E-state index in [0.29, 0.717) is 0 Å². The van der Waals surface area contributed by atoms with Crippen LogP contribution in [-0.2, 0) is 4.79 Å². The van der Waals surface area contributed by atoms with Crippen LogP contribution in [0.15, 0.2) is 30.3 Å². The van der Waals surface area contributed by atoms with Gasteiger partial charge in [0.05, 0.1) is 5.41 Å². The molecule has 1 aliphatic rings. The first-order valence-corrected chi connectivity index (χ1v) is 5.67. The van der Waals surface area contributed by atoms with Crippen molar-refractivity contribution in [3.63, 3.8) is 0 Å². The molecule has 1 aromatic rings. The Morgan fingerprint density at radius 2 is 2.00 bits per heavy atom. The van der Waals surface area contributed by atoms with Crippen molar-refractivity contribution in [2.45, 2.75) is 12.8 Å². The first-order valence-electron chi connectivity index (χ1n) is 5.67. The van der Waals surface area contributed by atoms with Crippen molar-refractivity contribution >= 4 is 11.6 Å². The van der Waals surface area contributed by atoms with Gasteiger partial charge in [0, 0.05) is 19.3 Å². The van der Waals surface area contributed by atoms with E-state index in [1.165, 1.54) is 0 Å². The first-order chi connectivity index (χ1) is 7.69. The van der Waals surface area contributed by atoms with Gasteiger partial charge < -0.3 is 10.2 Å². The van der Waals surface area contributed by atoms with Gasteiger partial charge in [-0.1, -0.05) is 18.2 Å². The Labute approximate surface area is 96.5 Å². The molecule has 0 radical (unpaired) electrons. The Hall–Kier alpha value is -1.35. The largest absolute Gasteiger partial charge is 0.319 e. The highest BCUT2D eigenvalue weighted by Crippen LogP contribution is 2.46. The van der Waals surface area contributed by atoms with E-state index in [4.69, 9.17) is 0 Å². The summed E-state index contributed by atoms with van der Waals surface area (Å²) in [5.74, 6) is 0.230. The Morgan fingerprint density at radius 3 is 2.50 bits per heavy atom. The van der Waals surface area contributed by atoms with Crippen LogP contribution in [0.2, 0.25) is 0 Å². The lowest BCUT2D eigenvalue weighted by atomic mass is 10.1. The monoisotopic (exact) mass is 218 g/mol. The van der Waals surface area contributed by atoms with Crippen LogP contribution in [0.4, 0.5) is 5.69 Å². The van der Waals surface area contributed by atoms with E-state index in [-0.39, 0.29) is 11.3 Å². The van der Waals surface area contributed by atoms with Gasteiger partial charge in [0.1, 0.15) is 0 Å². The minimum Gasteiger partial charge on any atom is -0.319 e. The van der Waals surface area contributed by atoms with Crippen LogP contribution in [0.1, 0.15) is 12.8 Å². The molecule has 16 heavy (non-hydrogen) atoms. The van der Waals surface area contributed by atoms with Crippen molar-refractivity contribution in [2.24, 2.45) is 5.41 Å². The number of para-hydroxylation sites is 1. The van der Waals surface area contributed by atoms with Gasteiger partial charge in [-0.15, -0.1) is 0 Å². The van der Waals surface area contributed by atoms with Crippen LogP contribution >= 0.6 is 0 Å². The van der Waals surface area contributed by atoms with E-state index < -0.39 is 0 Å². The Morgan fingerprint density at radius 1 is 1.38 bits per heavy atom. The Bertz CT molecular complexity index is 371. The van der Waals surface area contributed by atoms with Crippen molar-refractivity contribution in [2.75, 3.05) is 25.5 Å². The zero-order valence-electron chi connectivity index (χ0n) is 9.86. The lowest BCUT2D eigenvalue weighted by Crippen LogP contribution is -2.39. The number of nitrogens with one attached hydrogen (secondary N) is 1. The van der Waals surface area contributed by atoms with Crippen LogP contribution in [0.5, 0.6) is 0 Å². The molecular formula is C13H18N2O. The highest BCUT2D eigenvalue weighted by molar-refractivity contribution is 5.99. The number of benzene rings is 1. The molecule has 1 saturated carbocycles. The second-order valence-electron chi connectivity index (χ2n) is 4.51. The molecule has 0 spiro atoms. The summed E-state index contributed by atoms with van der Waals surface area (Å²) in [6, 6.07) is 9.80. The van der Waals surface area contributed by atoms with Crippen LogP contribution in [0.25, 0.3) is 0 Å². The van der Waals surface area contributed by atoms with Gasteiger partial charge in [-0.2, -0.15) is 0 Å². The van der Waals surface area contributed by atoms with Gasteiger partial charge in [-0.25, -0.2) is 0 Å². The average Bonchev–Trinajstić information content (AvgIpc) is 3.10. The van der Waals surface area contributed by atoms with Gasteiger partial charge in [0.25, 0.3) is 0 Å². The number of hydrogen-bond donors (Lipinski definition) is 1. The van der Waals surface area contributed by atoms with Crippen molar-refractivity contribution in [1.82, 2.24) is 5.32 Å². The van der Waals surface area contributed by atoms with E-state index in [1.807, 2.05) is 44.4 Å². The maximum Gasteiger partial charge on any atom is 0.234 e. The summed E-state index contributed by atoms with van der Waals surface area (Å²) in [5, 5.41) is 3.11. The summed E-state index contributed by atoms with van der Waals surface area (Å²) in [6.07, 6.45) is 2.01. The summed E-state index contributed by atoms with van der Waals surface area (Å²) < 4.78 is 0. The van der Waals surface area contributed by atoms with E-state index >= 15 is 0 Å². The maximum absolute atomic E-state index is 12.3. The fraction of sp³-hybridized carbons (Fsp3) is 0.462. The first kappa shape index (κ1) is 11.1. The van der Waals surface area contributed by atoms with Crippen LogP contribution in [0, 0.1) is 5.41 Å². The third kappa shape index (κ3) is 1.95. The summed E-state index contributed by atoms with van der Waals surface area (Å²) in [6.45, 7) is 0.781. The Balaban J connectivity index is 2.11. The van der Waals surface area contributed by atoms with Gasteiger partial charge >= 0.3 is 0 Å². The standard InChI is InChI=1S/C13H18N2O/c1-14-10-13(8-9-13)12(16)15(2)11-6-4-3-5-7-11/h3-7,14H,8-10H2,1-2H3. The lowest BCUT2D eigenvalue weighted by molar-refractivity contribution is -0.123. The number of amides is 1. The molecule has 1 aromatic carbocycles. The highest BCUT2D eigenvalue weighted by Gasteiger charge is 2.50. The van der Waals surface area contributed by atoms with Gasteiger partial charge in [0.15, 0.2) is 0 Å². The predicted molar refractivity (Wildman–Crippen MR) is 65.4 cm³/mol. The van der Waals surface area contributed by atoms with E-state index in [2.05, 4.69) is 5.32 Å². The average molecular weight is 218 g/mol. The zero-order valence-corrected chi connectivity index (χ0v) is 9.86. The number of nitrogens with zero attached hydrogens (tertiary/aromatic N) is 1. The number of anilines is 1. The number of rotatable bonds is 4. The minimum atomic E-state index is -0.140. The molecule has 86 valence electrons. The van der Waals surface area contributed by atoms with Crippen LogP contribution < -0.4 is 10.2 Å². The second-order valence-corrected chi connectivity index (χ2v) is 4.51. The topological polar surface area (TPSA) is 32.3 Å². The molecule has 1 aliphatic carbocycles. The molecule has 1 fully saturated rings. The van der Waals surface area contributed by atoms with E-state index in [1.54, 1.807) is 4.90 Å². The molecule has 3 heteroatoms. The molecule has 0 unspecified atom stereocenters. The molecule has 0 aliphatic heterocycles. The Kier molecular flexibility index (Phi) is 2.97. The van der Waals surface area contributed by atoms with Gasteiger partial charge in [0.2, 0.25) is 5.91 Å². The molecule has 0 aromatic heterocycles. The quantitative estimate of drug-likeness (QED) is 0.833. The third-order valence-corrected chi connectivity index (χ3v) is 3.27. The fourth-order valence-electron chi connectivity index (χ4n) is 2.08. The third-order valence-electron chi connectivity index (χ3n) is 3.27. The number of carbonyl (C=O) groups excluding carboxylic acids is 1. The number of hydrogen-bond acceptors (Lipinski definition) is 2. The molecule has 1 N–H and O–H groups in total. The van der Waals surface area contributed by atoms with Crippen LogP contribution in [0.3, 0.4) is 0 Å². The summed E-state index contributed by atoms with van der Waals surface area (Å²) in [4.78, 5) is 14.1. The molecule has 0 saturated heterocycles. The predicted octanol–water partition coefficient (Wildman–Crippen LogP) is 1.65. The van der Waals surface area contributed by atoms with Gasteiger partial charge in [-0.3, -0.25) is 4.79 Å². The maximum atomic E-state index is 12.3. The van der Waals surface area contributed by atoms with Crippen molar-refractivity contribution in [1.29, 1.82) is 0 Å². The summed E-state index contributed by atoms with van der Waals surface area (Å²) in [5.41, 5.74) is 0.828. The number of carbonyl (C=O) groups is 1. The molecule has 0 atom stereocenters. The van der Waals surface area contributed by atoms with Crippen molar-refractivity contribution in [3.05, 3.63) is 30.3 Å². The van der Waals surface area contributed by atoms with Gasteiger partial charge in [-0.05, 0) is 32.0 Å². The lowest BCUT2D eigenvalue weighted by Gasteiger charge is -2.23.